The largest absolute Gasteiger partial charge is 0.460 e. The van der Waals surface area contributed by atoms with Crippen LogP contribution in [0.15, 0.2) is 65.1 Å². The fraction of sp³-hybridized carbons (Fsp3) is 0.130. The third kappa shape index (κ3) is 3.45. The molecule has 2 aliphatic rings. The number of nitrogens with zero attached hydrogens (tertiary/aromatic N) is 2. The van der Waals surface area contributed by atoms with E-state index in [1.165, 1.54) is 12.1 Å². The zero-order valence-corrected chi connectivity index (χ0v) is 18.1. The molecule has 0 aromatic heterocycles. The fourth-order valence-corrected chi connectivity index (χ4v) is 4.43. The van der Waals surface area contributed by atoms with E-state index in [4.69, 9.17) is 9.47 Å². The van der Waals surface area contributed by atoms with E-state index in [0.717, 1.165) is 26.6 Å². The van der Waals surface area contributed by atoms with Gasteiger partial charge in [0.25, 0.3) is 17.5 Å². The number of hydrogen-bond acceptors (Lipinski definition) is 6. The molecular formula is C23H15BrN2O6. The number of ether oxygens (including phenoxy) is 2. The van der Waals surface area contributed by atoms with Gasteiger partial charge in [-0.25, -0.2) is 0 Å². The minimum atomic E-state index is -0.617. The van der Waals surface area contributed by atoms with Crippen LogP contribution in [0.4, 0.5) is 5.69 Å². The molecular weight excluding hydrogens is 480 g/mol. The summed E-state index contributed by atoms with van der Waals surface area (Å²) in [6.45, 7) is 0.263. The summed E-state index contributed by atoms with van der Waals surface area (Å²) in [4.78, 5) is 37.4. The Morgan fingerprint density at radius 2 is 1.78 bits per heavy atom. The quantitative estimate of drug-likeness (QED) is 0.294. The molecule has 8 nitrogen and oxygen atoms in total. The zero-order valence-electron chi connectivity index (χ0n) is 16.5. The van der Waals surface area contributed by atoms with Gasteiger partial charge in [-0.3, -0.25) is 24.6 Å². The highest BCUT2D eigenvalue weighted by atomic mass is 79.9. The monoisotopic (exact) mass is 494 g/mol. The molecule has 0 saturated heterocycles. The fourth-order valence-electron chi connectivity index (χ4n) is 3.88. The van der Waals surface area contributed by atoms with E-state index in [1.807, 2.05) is 36.4 Å². The first kappa shape index (κ1) is 20.3. The topological polar surface area (TPSA) is 99.0 Å². The third-order valence-electron chi connectivity index (χ3n) is 5.39. The van der Waals surface area contributed by atoms with E-state index in [1.54, 1.807) is 6.07 Å². The molecule has 3 aromatic carbocycles. The highest BCUT2D eigenvalue weighted by Crippen LogP contribution is 2.39. The average Bonchev–Trinajstić information content (AvgIpc) is 3.03. The first-order valence-electron chi connectivity index (χ1n) is 9.71. The highest BCUT2D eigenvalue weighted by molar-refractivity contribution is 9.10. The van der Waals surface area contributed by atoms with Gasteiger partial charge in [0.1, 0.15) is 5.75 Å². The molecule has 3 aromatic rings. The van der Waals surface area contributed by atoms with Crippen LogP contribution in [0, 0.1) is 10.1 Å². The lowest BCUT2D eigenvalue weighted by Gasteiger charge is -2.29. The maximum absolute atomic E-state index is 12.9. The van der Waals surface area contributed by atoms with Crippen LogP contribution in [0.5, 0.6) is 5.75 Å². The van der Waals surface area contributed by atoms with Gasteiger partial charge in [-0.1, -0.05) is 46.3 Å². The van der Waals surface area contributed by atoms with Crippen molar-refractivity contribution in [3.05, 3.63) is 103 Å². The second-order valence-corrected chi connectivity index (χ2v) is 8.32. The summed E-state index contributed by atoms with van der Waals surface area (Å²) in [5, 5.41) is 11.1. The molecule has 0 N–H and O–H groups in total. The van der Waals surface area contributed by atoms with Crippen LogP contribution in [0.25, 0.3) is 0 Å². The minimum absolute atomic E-state index is 0.0273. The lowest BCUT2D eigenvalue weighted by Crippen LogP contribution is -2.30. The Morgan fingerprint density at radius 1 is 1.03 bits per heavy atom. The van der Waals surface area contributed by atoms with Crippen molar-refractivity contribution in [2.75, 3.05) is 0 Å². The Hall–Kier alpha value is -3.56. The number of halogens is 1. The van der Waals surface area contributed by atoms with Crippen molar-refractivity contribution in [2.24, 2.45) is 0 Å². The number of carbonyl (C=O) groups is 2. The lowest BCUT2D eigenvalue weighted by atomic mass is 10.1. The molecule has 0 radical (unpaired) electrons. The van der Waals surface area contributed by atoms with Crippen LogP contribution >= 0.6 is 15.9 Å². The molecule has 32 heavy (non-hydrogen) atoms. The van der Waals surface area contributed by atoms with Crippen molar-refractivity contribution in [3.8, 4) is 5.75 Å². The zero-order chi connectivity index (χ0) is 22.4. The van der Waals surface area contributed by atoms with Crippen molar-refractivity contribution >= 4 is 33.4 Å². The summed E-state index contributed by atoms with van der Waals surface area (Å²) < 4.78 is 12.7. The van der Waals surface area contributed by atoms with Crippen molar-refractivity contribution in [1.29, 1.82) is 0 Å². The number of fused-ring (bicyclic) bond motifs is 2. The van der Waals surface area contributed by atoms with Crippen LogP contribution in [-0.2, 0) is 17.9 Å². The Bertz CT molecular complexity index is 1280. The average molecular weight is 495 g/mol. The molecule has 0 aliphatic carbocycles. The van der Waals surface area contributed by atoms with Crippen LogP contribution in [0.1, 0.15) is 43.7 Å². The van der Waals surface area contributed by atoms with Crippen molar-refractivity contribution in [3.63, 3.8) is 0 Å². The second kappa shape index (κ2) is 7.85. The van der Waals surface area contributed by atoms with Crippen LogP contribution in [0.3, 0.4) is 0 Å². The molecule has 0 unspecified atom stereocenters. The van der Waals surface area contributed by atoms with Crippen molar-refractivity contribution < 1.29 is 24.0 Å². The highest BCUT2D eigenvalue weighted by Gasteiger charge is 2.38. The molecule has 0 bridgehead atoms. The summed E-state index contributed by atoms with van der Waals surface area (Å²) in [5.41, 5.74) is 2.20. The van der Waals surface area contributed by atoms with Gasteiger partial charge in [-0.2, -0.15) is 0 Å². The van der Waals surface area contributed by atoms with E-state index in [9.17, 15) is 19.7 Å². The summed E-state index contributed by atoms with van der Waals surface area (Å²) in [5.74, 6) is -0.523. The van der Waals surface area contributed by atoms with Crippen LogP contribution < -0.4 is 4.74 Å². The molecule has 1 atom stereocenters. The number of hydrogen-bond donors (Lipinski definition) is 0. The number of amides is 2. The van der Waals surface area contributed by atoms with Crippen molar-refractivity contribution in [2.45, 2.75) is 19.4 Å². The summed E-state index contributed by atoms with van der Waals surface area (Å²) in [6, 6.07) is 16.8. The van der Waals surface area contributed by atoms with Gasteiger partial charge in [-0.05, 0) is 18.2 Å². The Labute approximate surface area is 190 Å². The smallest absolute Gasteiger partial charge is 0.270 e. The predicted octanol–water partition coefficient (Wildman–Crippen LogP) is 4.76. The van der Waals surface area contributed by atoms with Gasteiger partial charge >= 0.3 is 0 Å². The molecule has 0 saturated carbocycles. The normalized spacial score (nSPS) is 17.0. The van der Waals surface area contributed by atoms with E-state index >= 15 is 0 Å². The van der Waals surface area contributed by atoms with E-state index < -0.39 is 23.0 Å². The van der Waals surface area contributed by atoms with Gasteiger partial charge < -0.3 is 9.47 Å². The van der Waals surface area contributed by atoms with Crippen LogP contribution in [-0.4, -0.2) is 21.6 Å². The molecule has 0 fully saturated rings. The molecule has 160 valence electrons. The molecule has 2 aliphatic heterocycles. The first-order chi connectivity index (χ1) is 15.4. The maximum Gasteiger partial charge on any atom is 0.270 e. The number of benzene rings is 3. The molecule has 2 amide bonds. The predicted molar refractivity (Wildman–Crippen MR) is 116 cm³/mol. The maximum atomic E-state index is 12.9. The number of non-ortho nitro benzene ring substituents is 1. The molecule has 9 heteroatoms. The molecule has 0 spiro atoms. The lowest BCUT2D eigenvalue weighted by molar-refractivity contribution is -0.384. The van der Waals surface area contributed by atoms with E-state index in [2.05, 4.69) is 15.9 Å². The summed E-state index contributed by atoms with van der Waals surface area (Å²) >= 11 is 3.46. The van der Waals surface area contributed by atoms with Gasteiger partial charge in [0.2, 0.25) is 6.29 Å². The van der Waals surface area contributed by atoms with Crippen LogP contribution in [0.2, 0.25) is 0 Å². The Kier molecular flexibility index (Phi) is 4.99. The molecule has 5 rings (SSSR count). The van der Waals surface area contributed by atoms with Gasteiger partial charge in [-0.15, -0.1) is 0 Å². The van der Waals surface area contributed by atoms with E-state index in [0.29, 0.717) is 17.9 Å². The Balaban J connectivity index is 1.48. The van der Waals surface area contributed by atoms with Crippen molar-refractivity contribution in [1.82, 2.24) is 4.90 Å². The number of nitro benzene ring substituents is 1. The summed E-state index contributed by atoms with van der Waals surface area (Å²) in [7, 11) is 0. The molecule has 2 heterocycles. The third-order valence-corrected chi connectivity index (χ3v) is 5.85. The number of carbonyl (C=O) groups excluding carboxylic acids is 2. The van der Waals surface area contributed by atoms with E-state index in [-0.39, 0.29) is 23.4 Å². The first-order valence-corrected chi connectivity index (χ1v) is 10.5. The SMILES string of the molecule is O=C1c2ccc([N+](=O)[O-])cc2C(=O)N1Cc1cc(Br)cc2c1O[C@@H](c1ccccc1)OC2. The van der Waals surface area contributed by atoms with Gasteiger partial charge in [0, 0.05) is 33.3 Å². The number of imide groups is 1. The Morgan fingerprint density at radius 3 is 2.53 bits per heavy atom. The summed E-state index contributed by atoms with van der Waals surface area (Å²) in [6.07, 6.45) is -0.617. The van der Waals surface area contributed by atoms with Gasteiger partial charge in [0.05, 0.1) is 29.2 Å². The minimum Gasteiger partial charge on any atom is -0.460 e. The second-order valence-electron chi connectivity index (χ2n) is 7.41. The van der Waals surface area contributed by atoms with Gasteiger partial charge in [0.15, 0.2) is 0 Å². The standard InChI is InChI=1S/C23H15BrN2O6/c24-16-8-14(20-15(9-16)12-31-23(32-20)13-4-2-1-3-5-13)11-25-21(27)18-7-6-17(26(29)30)10-19(18)22(25)28/h1-10,23H,11-12H2/t23-/m0/s1. The number of rotatable bonds is 4. The number of nitro groups is 1.